The van der Waals surface area contributed by atoms with E-state index in [1.54, 1.807) is 32.4 Å². The van der Waals surface area contributed by atoms with Gasteiger partial charge in [-0.2, -0.15) is 0 Å². The molecule has 0 radical (unpaired) electrons. The van der Waals surface area contributed by atoms with E-state index in [4.69, 9.17) is 9.47 Å². The lowest BCUT2D eigenvalue weighted by Crippen LogP contribution is -2.19. The molecule has 0 aliphatic carbocycles. The van der Waals surface area contributed by atoms with Gasteiger partial charge in [0.1, 0.15) is 11.5 Å². The van der Waals surface area contributed by atoms with Crippen LogP contribution in [0.2, 0.25) is 0 Å². The molecule has 142 valence electrons. The largest absolute Gasteiger partial charge is 0.497 e. The molecular formula is C21H19N3O3S. The Hall–Kier alpha value is -3.19. The van der Waals surface area contributed by atoms with E-state index < -0.39 is 0 Å². The zero-order chi connectivity index (χ0) is 19.5. The van der Waals surface area contributed by atoms with Crippen molar-refractivity contribution in [3.63, 3.8) is 0 Å². The van der Waals surface area contributed by atoms with Crippen molar-refractivity contribution < 1.29 is 14.3 Å². The molecule has 1 heterocycles. The van der Waals surface area contributed by atoms with Gasteiger partial charge in [0.05, 0.1) is 37.0 Å². The van der Waals surface area contributed by atoms with Crippen LogP contribution in [0, 0.1) is 0 Å². The van der Waals surface area contributed by atoms with Crippen molar-refractivity contribution >= 4 is 50.7 Å². The predicted octanol–water partition coefficient (Wildman–Crippen LogP) is 4.64. The molecule has 0 saturated carbocycles. The number of amides is 1. The fourth-order valence-corrected chi connectivity index (χ4v) is 3.76. The Balaban J connectivity index is 1.46. The first-order chi connectivity index (χ1) is 13.7. The highest BCUT2D eigenvalue weighted by atomic mass is 32.2. The van der Waals surface area contributed by atoms with Gasteiger partial charge in [0.15, 0.2) is 5.17 Å². The van der Waals surface area contributed by atoms with Gasteiger partial charge >= 0.3 is 0 Å². The Morgan fingerprint density at radius 2 is 1.93 bits per heavy atom. The van der Waals surface area contributed by atoms with E-state index in [0.29, 0.717) is 22.4 Å². The molecule has 0 atom stereocenters. The van der Waals surface area contributed by atoms with E-state index in [1.807, 2.05) is 24.3 Å². The van der Waals surface area contributed by atoms with Gasteiger partial charge in [0.25, 0.3) is 0 Å². The molecule has 3 aromatic carbocycles. The maximum atomic E-state index is 12.4. The lowest BCUT2D eigenvalue weighted by molar-refractivity contribution is -0.113. The summed E-state index contributed by atoms with van der Waals surface area (Å²) in [7, 11) is 3.14. The smallest absolute Gasteiger partial charge is 0.234 e. The number of thioether (sulfide) groups is 1. The van der Waals surface area contributed by atoms with Gasteiger partial charge < -0.3 is 20.1 Å². The summed E-state index contributed by atoms with van der Waals surface area (Å²) in [6, 6.07) is 17.4. The Kier molecular flexibility index (Phi) is 5.08. The molecule has 0 saturated heterocycles. The maximum Gasteiger partial charge on any atom is 0.234 e. The van der Waals surface area contributed by atoms with E-state index in [9.17, 15) is 4.79 Å². The zero-order valence-electron chi connectivity index (χ0n) is 15.5. The van der Waals surface area contributed by atoms with Gasteiger partial charge in [-0.3, -0.25) is 4.79 Å². The van der Waals surface area contributed by atoms with Crippen LogP contribution in [0.15, 0.2) is 59.6 Å². The molecule has 0 unspecified atom stereocenters. The molecule has 4 rings (SSSR count). The standard InChI is InChI=1S/C21H19N3O3S/c1-26-14-9-10-18(27-2)17(11-14)22-19(25)12-28-21-23-15-7-3-5-13-6-4-8-16(24-21)20(13)15/h3-11H,12H2,1-2H3,(H,22,25)(H,23,24). The van der Waals surface area contributed by atoms with Gasteiger partial charge in [-0.15, -0.1) is 0 Å². The second-order valence-electron chi connectivity index (χ2n) is 6.13. The number of carbonyl (C=O) groups is 1. The number of ether oxygens (including phenoxy) is 2. The fourth-order valence-electron chi connectivity index (χ4n) is 3.07. The zero-order valence-corrected chi connectivity index (χ0v) is 16.3. The summed E-state index contributed by atoms with van der Waals surface area (Å²) in [6.45, 7) is 0. The summed E-state index contributed by atoms with van der Waals surface area (Å²) >= 11 is 1.35. The Morgan fingerprint density at radius 1 is 1.11 bits per heavy atom. The van der Waals surface area contributed by atoms with Crippen LogP contribution in [0.3, 0.4) is 0 Å². The molecule has 7 heteroatoms. The number of nitrogens with zero attached hydrogens (tertiary/aromatic N) is 1. The molecule has 0 aromatic heterocycles. The first-order valence-electron chi connectivity index (χ1n) is 8.70. The monoisotopic (exact) mass is 393 g/mol. The van der Waals surface area contributed by atoms with Crippen molar-refractivity contribution in [3.05, 3.63) is 54.6 Å². The maximum absolute atomic E-state index is 12.4. The SMILES string of the molecule is COc1ccc(OC)c(NC(=O)CSC2=Nc3cccc4cccc(c34)N2)c1. The minimum absolute atomic E-state index is 0.155. The molecule has 0 bridgehead atoms. The third-order valence-electron chi connectivity index (χ3n) is 4.37. The first kappa shape index (κ1) is 18.2. The summed E-state index contributed by atoms with van der Waals surface area (Å²) in [6.07, 6.45) is 0. The number of carbonyl (C=O) groups excluding carboxylic acids is 1. The lowest BCUT2D eigenvalue weighted by atomic mass is 10.1. The van der Waals surface area contributed by atoms with Crippen LogP contribution in [0.5, 0.6) is 11.5 Å². The summed E-state index contributed by atoms with van der Waals surface area (Å²) in [4.78, 5) is 17.1. The number of anilines is 2. The predicted molar refractivity (Wildman–Crippen MR) is 115 cm³/mol. The molecular weight excluding hydrogens is 374 g/mol. The fraction of sp³-hybridized carbons (Fsp3) is 0.143. The van der Waals surface area contributed by atoms with Crippen LogP contribution in [-0.2, 0) is 4.79 Å². The third kappa shape index (κ3) is 3.61. The molecule has 1 aliphatic heterocycles. The number of amidine groups is 1. The molecule has 1 amide bonds. The van der Waals surface area contributed by atoms with Crippen molar-refractivity contribution in [2.45, 2.75) is 0 Å². The van der Waals surface area contributed by atoms with Crippen molar-refractivity contribution in [3.8, 4) is 11.5 Å². The molecule has 1 aliphatic rings. The highest BCUT2D eigenvalue weighted by molar-refractivity contribution is 8.14. The van der Waals surface area contributed by atoms with Gasteiger partial charge in [-0.05, 0) is 29.7 Å². The van der Waals surface area contributed by atoms with Crippen molar-refractivity contribution in [2.75, 3.05) is 30.6 Å². The lowest BCUT2D eigenvalue weighted by Gasteiger charge is -2.18. The molecule has 0 spiro atoms. The van der Waals surface area contributed by atoms with Crippen molar-refractivity contribution in [1.82, 2.24) is 0 Å². The Bertz CT molecular complexity index is 1080. The second kappa shape index (κ2) is 7.82. The molecule has 6 nitrogen and oxygen atoms in total. The van der Waals surface area contributed by atoms with Gasteiger partial charge in [-0.25, -0.2) is 4.99 Å². The van der Waals surface area contributed by atoms with Gasteiger partial charge in [-0.1, -0.05) is 36.0 Å². The average Bonchev–Trinajstić information content (AvgIpc) is 2.72. The Morgan fingerprint density at radius 3 is 2.71 bits per heavy atom. The number of methoxy groups -OCH3 is 2. The number of hydrogen-bond acceptors (Lipinski definition) is 6. The first-order valence-corrected chi connectivity index (χ1v) is 9.68. The van der Waals surface area contributed by atoms with Crippen molar-refractivity contribution in [2.24, 2.45) is 4.99 Å². The summed E-state index contributed by atoms with van der Waals surface area (Å²) in [5.41, 5.74) is 2.48. The number of hydrogen-bond donors (Lipinski definition) is 2. The minimum Gasteiger partial charge on any atom is -0.497 e. The summed E-state index contributed by atoms with van der Waals surface area (Å²) in [5, 5.41) is 9.10. The normalized spacial score (nSPS) is 12.1. The van der Waals surface area contributed by atoms with E-state index in [0.717, 1.165) is 22.1 Å². The number of benzene rings is 3. The summed E-state index contributed by atoms with van der Waals surface area (Å²) in [5.74, 6) is 1.28. The van der Waals surface area contributed by atoms with Crippen LogP contribution in [0.4, 0.5) is 17.1 Å². The van der Waals surface area contributed by atoms with Crippen LogP contribution in [0.25, 0.3) is 10.8 Å². The van der Waals surface area contributed by atoms with E-state index in [-0.39, 0.29) is 11.7 Å². The Labute approximate surface area is 166 Å². The topological polar surface area (TPSA) is 72.0 Å². The molecule has 0 fully saturated rings. The number of aliphatic imine (C=N–C) groups is 1. The number of rotatable bonds is 5. The highest BCUT2D eigenvalue weighted by Gasteiger charge is 2.16. The third-order valence-corrected chi connectivity index (χ3v) is 5.24. The average molecular weight is 393 g/mol. The van der Waals surface area contributed by atoms with Crippen LogP contribution in [0.1, 0.15) is 0 Å². The van der Waals surface area contributed by atoms with Crippen LogP contribution < -0.4 is 20.1 Å². The minimum atomic E-state index is -0.155. The molecule has 2 N–H and O–H groups in total. The summed E-state index contributed by atoms with van der Waals surface area (Å²) < 4.78 is 10.5. The van der Waals surface area contributed by atoms with Crippen LogP contribution >= 0.6 is 11.8 Å². The van der Waals surface area contributed by atoms with Gasteiger partial charge in [0.2, 0.25) is 5.91 Å². The van der Waals surface area contributed by atoms with Gasteiger partial charge in [0, 0.05) is 11.5 Å². The molecule has 28 heavy (non-hydrogen) atoms. The van der Waals surface area contributed by atoms with Crippen LogP contribution in [-0.4, -0.2) is 31.0 Å². The van der Waals surface area contributed by atoms with Crippen molar-refractivity contribution in [1.29, 1.82) is 0 Å². The molecule has 3 aromatic rings. The van der Waals surface area contributed by atoms with E-state index >= 15 is 0 Å². The number of nitrogens with one attached hydrogen (secondary N) is 2. The van der Waals surface area contributed by atoms with E-state index in [1.165, 1.54) is 11.8 Å². The highest BCUT2D eigenvalue weighted by Crippen LogP contribution is 2.37. The van der Waals surface area contributed by atoms with E-state index in [2.05, 4.69) is 27.8 Å². The second-order valence-corrected chi connectivity index (χ2v) is 7.09. The quantitative estimate of drug-likeness (QED) is 0.661.